The lowest BCUT2D eigenvalue weighted by atomic mass is 9.88. The highest BCUT2D eigenvalue weighted by atomic mass is 16.6. The first-order valence-electron chi connectivity index (χ1n) is 12.6. The number of likely N-dealkylation sites (tertiary alicyclic amines) is 2. The molecule has 0 spiro atoms. The number of hydrogen-bond acceptors (Lipinski definition) is 5. The lowest BCUT2D eigenvalue weighted by molar-refractivity contribution is -0.120. The minimum Gasteiger partial charge on any atom is -0.444 e. The van der Waals surface area contributed by atoms with E-state index in [-0.39, 0.29) is 18.0 Å². The summed E-state index contributed by atoms with van der Waals surface area (Å²) in [5.74, 6) is 0.964. The Morgan fingerprint density at radius 2 is 1.62 bits per heavy atom. The summed E-state index contributed by atoms with van der Waals surface area (Å²) >= 11 is 0. The number of hydrogen-bond donors (Lipinski definition) is 1. The third-order valence-electron chi connectivity index (χ3n) is 7.10. The zero-order chi connectivity index (χ0) is 24.3. The Hall–Kier alpha value is -2.61. The van der Waals surface area contributed by atoms with Gasteiger partial charge in [0.2, 0.25) is 5.91 Å². The van der Waals surface area contributed by atoms with E-state index >= 15 is 0 Å². The van der Waals surface area contributed by atoms with Crippen LogP contribution in [-0.4, -0.2) is 72.7 Å². The Kier molecular flexibility index (Phi) is 7.45. The number of nitrogens with zero attached hydrogens (tertiary/aromatic N) is 3. The van der Waals surface area contributed by atoms with Crippen molar-refractivity contribution in [2.24, 2.45) is 5.92 Å². The maximum atomic E-state index is 12.3. The van der Waals surface area contributed by atoms with Crippen LogP contribution < -0.4 is 10.2 Å². The van der Waals surface area contributed by atoms with Gasteiger partial charge in [-0.3, -0.25) is 15.0 Å². The van der Waals surface area contributed by atoms with Gasteiger partial charge >= 0.3 is 12.1 Å². The van der Waals surface area contributed by atoms with E-state index in [0.717, 1.165) is 64.1 Å². The first-order chi connectivity index (χ1) is 16.2. The van der Waals surface area contributed by atoms with Crippen LogP contribution in [0.2, 0.25) is 0 Å². The lowest BCUT2D eigenvalue weighted by Crippen LogP contribution is -2.49. The molecule has 3 aliphatic heterocycles. The summed E-state index contributed by atoms with van der Waals surface area (Å²) in [7, 11) is 0. The van der Waals surface area contributed by atoms with E-state index in [9.17, 15) is 14.4 Å². The summed E-state index contributed by atoms with van der Waals surface area (Å²) < 4.78 is 5.51. The molecule has 4 amide bonds. The van der Waals surface area contributed by atoms with Crippen LogP contribution in [0.25, 0.3) is 0 Å². The van der Waals surface area contributed by atoms with E-state index < -0.39 is 5.60 Å². The number of rotatable bonds is 4. The molecule has 3 heterocycles. The SMILES string of the molecule is CC(C)(C)OC(=O)N1CCC(CN2CCC(c3ccc(N4CCC(=O)NC4=O)cc3)CC2)CC1. The molecule has 3 aliphatic rings. The number of ether oxygens (including phenoxy) is 1. The van der Waals surface area contributed by atoms with Gasteiger partial charge in [0.05, 0.1) is 0 Å². The summed E-state index contributed by atoms with van der Waals surface area (Å²) in [6.07, 6.45) is 4.49. The van der Waals surface area contributed by atoms with Gasteiger partial charge in [-0.15, -0.1) is 0 Å². The second-order valence-electron chi connectivity index (χ2n) is 10.8. The molecule has 8 nitrogen and oxygen atoms in total. The average Bonchev–Trinajstić information content (AvgIpc) is 2.79. The monoisotopic (exact) mass is 470 g/mol. The zero-order valence-corrected chi connectivity index (χ0v) is 20.7. The molecule has 0 bridgehead atoms. The third kappa shape index (κ3) is 6.29. The Balaban J connectivity index is 1.20. The molecule has 1 aromatic rings. The maximum absolute atomic E-state index is 12.3. The van der Waals surface area contributed by atoms with Crippen molar-refractivity contribution in [1.29, 1.82) is 0 Å². The molecular weight excluding hydrogens is 432 g/mol. The zero-order valence-electron chi connectivity index (χ0n) is 20.7. The van der Waals surface area contributed by atoms with Crippen molar-refractivity contribution in [3.8, 4) is 0 Å². The number of carbonyl (C=O) groups is 3. The van der Waals surface area contributed by atoms with Crippen LogP contribution in [0.4, 0.5) is 15.3 Å². The van der Waals surface area contributed by atoms with Crippen molar-refractivity contribution < 1.29 is 19.1 Å². The van der Waals surface area contributed by atoms with Gasteiger partial charge in [0.15, 0.2) is 0 Å². The topological polar surface area (TPSA) is 82.2 Å². The van der Waals surface area contributed by atoms with E-state index in [0.29, 0.717) is 24.8 Å². The van der Waals surface area contributed by atoms with E-state index in [1.54, 1.807) is 4.90 Å². The van der Waals surface area contributed by atoms with Crippen LogP contribution in [0, 0.1) is 5.92 Å². The molecule has 0 atom stereocenters. The van der Waals surface area contributed by atoms with Crippen molar-refractivity contribution in [2.45, 2.75) is 64.4 Å². The number of piperidine rings is 2. The smallest absolute Gasteiger partial charge is 0.410 e. The predicted octanol–water partition coefficient (Wildman–Crippen LogP) is 3.96. The number of carbonyl (C=O) groups excluding carboxylic acids is 3. The van der Waals surface area contributed by atoms with Gasteiger partial charge in [0, 0.05) is 38.3 Å². The van der Waals surface area contributed by atoms with Crippen LogP contribution in [0.15, 0.2) is 24.3 Å². The van der Waals surface area contributed by atoms with Crippen molar-refractivity contribution in [1.82, 2.24) is 15.1 Å². The molecule has 0 aliphatic carbocycles. The Labute approximate surface area is 202 Å². The molecule has 1 N–H and O–H groups in total. The number of urea groups is 1. The molecule has 0 saturated carbocycles. The molecule has 4 rings (SSSR count). The second-order valence-corrected chi connectivity index (χ2v) is 10.8. The Morgan fingerprint density at radius 1 is 0.971 bits per heavy atom. The molecule has 186 valence electrons. The molecule has 3 saturated heterocycles. The molecule has 34 heavy (non-hydrogen) atoms. The number of nitrogens with one attached hydrogen (secondary N) is 1. The quantitative estimate of drug-likeness (QED) is 0.720. The van der Waals surface area contributed by atoms with E-state index in [1.807, 2.05) is 37.8 Å². The third-order valence-corrected chi connectivity index (χ3v) is 7.10. The number of anilines is 1. The highest BCUT2D eigenvalue weighted by Gasteiger charge is 2.29. The summed E-state index contributed by atoms with van der Waals surface area (Å²) in [6, 6.07) is 7.91. The summed E-state index contributed by atoms with van der Waals surface area (Å²) in [6.45, 7) is 11.0. The van der Waals surface area contributed by atoms with Crippen LogP contribution >= 0.6 is 0 Å². The highest BCUT2D eigenvalue weighted by Crippen LogP contribution is 2.31. The minimum absolute atomic E-state index is 0.188. The largest absolute Gasteiger partial charge is 0.444 e. The standard InChI is InChI=1S/C26H38N4O4/c1-26(2,3)34-25(33)29-15-8-19(9-16-29)18-28-13-10-21(11-14-28)20-4-6-22(7-5-20)30-17-12-23(31)27-24(30)32/h4-7,19,21H,8-18H2,1-3H3,(H,27,31,32). The second kappa shape index (κ2) is 10.3. The van der Waals surface area contributed by atoms with Crippen LogP contribution in [0.5, 0.6) is 0 Å². The van der Waals surface area contributed by atoms with E-state index in [2.05, 4.69) is 22.3 Å². The number of amides is 4. The molecule has 0 aromatic heterocycles. The van der Waals surface area contributed by atoms with Crippen LogP contribution in [0.3, 0.4) is 0 Å². The highest BCUT2D eigenvalue weighted by molar-refractivity contribution is 6.05. The number of benzene rings is 1. The molecule has 8 heteroatoms. The molecule has 0 unspecified atom stereocenters. The van der Waals surface area contributed by atoms with Gasteiger partial charge in [-0.05, 0) is 89.1 Å². The van der Waals surface area contributed by atoms with Gasteiger partial charge in [-0.25, -0.2) is 9.59 Å². The number of imide groups is 1. The Morgan fingerprint density at radius 3 is 2.21 bits per heavy atom. The minimum atomic E-state index is -0.443. The summed E-state index contributed by atoms with van der Waals surface area (Å²) in [4.78, 5) is 41.8. The fourth-order valence-corrected chi connectivity index (χ4v) is 5.18. The predicted molar refractivity (Wildman–Crippen MR) is 131 cm³/mol. The summed E-state index contributed by atoms with van der Waals surface area (Å²) in [5, 5.41) is 2.38. The van der Waals surface area contributed by atoms with Crippen molar-refractivity contribution in [2.75, 3.05) is 44.2 Å². The van der Waals surface area contributed by atoms with Gasteiger partial charge in [0.25, 0.3) is 0 Å². The van der Waals surface area contributed by atoms with Gasteiger partial charge in [0.1, 0.15) is 5.60 Å². The first-order valence-corrected chi connectivity index (χ1v) is 12.6. The molecular formula is C26H38N4O4. The van der Waals surface area contributed by atoms with Crippen molar-refractivity contribution in [3.63, 3.8) is 0 Å². The lowest BCUT2D eigenvalue weighted by Gasteiger charge is -2.38. The fraction of sp³-hybridized carbons (Fsp3) is 0.654. The normalized spacial score (nSPS) is 21.5. The molecule has 1 aromatic carbocycles. The average molecular weight is 471 g/mol. The van der Waals surface area contributed by atoms with Gasteiger partial charge in [-0.1, -0.05) is 12.1 Å². The maximum Gasteiger partial charge on any atom is 0.410 e. The molecule has 3 fully saturated rings. The molecule has 0 radical (unpaired) electrons. The first kappa shape index (κ1) is 24.5. The van der Waals surface area contributed by atoms with Gasteiger partial charge in [-0.2, -0.15) is 0 Å². The van der Waals surface area contributed by atoms with Crippen molar-refractivity contribution >= 4 is 23.7 Å². The summed E-state index contributed by atoms with van der Waals surface area (Å²) in [5.41, 5.74) is 1.72. The van der Waals surface area contributed by atoms with Gasteiger partial charge < -0.3 is 14.5 Å². The van der Waals surface area contributed by atoms with Crippen LogP contribution in [0.1, 0.15) is 64.4 Å². The van der Waals surface area contributed by atoms with Crippen LogP contribution in [-0.2, 0) is 9.53 Å². The van der Waals surface area contributed by atoms with Crippen molar-refractivity contribution in [3.05, 3.63) is 29.8 Å². The van der Waals surface area contributed by atoms with E-state index in [4.69, 9.17) is 4.74 Å². The Bertz CT molecular complexity index is 879. The van der Waals surface area contributed by atoms with E-state index in [1.165, 1.54) is 5.56 Å². The fourth-order valence-electron chi connectivity index (χ4n) is 5.18.